The Morgan fingerprint density at radius 1 is 1.43 bits per heavy atom. The fraction of sp³-hybridized carbons (Fsp3) is 0. The first-order valence-corrected chi connectivity index (χ1v) is 4.65. The molecule has 0 aliphatic heterocycles. The van der Waals surface area contributed by atoms with Gasteiger partial charge in [0.25, 0.3) is 0 Å². The second-order valence-electron chi connectivity index (χ2n) is 2.72. The normalized spacial score (nSPS) is 10.4. The number of phenols is 1. The van der Waals surface area contributed by atoms with Gasteiger partial charge in [0.05, 0.1) is 10.0 Å². The Bertz CT molecular complexity index is 456. The van der Waals surface area contributed by atoms with E-state index in [0.717, 1.165) is 0 Å². The second-order valence-corrected chi connectivity index (χ2v) is 3.58. The highest BCUT2D eigenvalue weighted by molar-refractivity contribution is 9.10. The molecule has 0 bridgehead atoms. The van der Waals surface area contributed by atoms with E-state index in [1.165, 1.54) is 18.3 Å². The van der Waals surface area contributed by atoms with E-state index in [1.807, 2.05) is 0 Å². The molecule has 3 nitrogen and oxygen atoms in total. The number of halogens is 2. The van der Waals surface area contributed by atoms with E-state index in [1.54, 1.807) is 6.20 Å². The smallest absolute Gasteiger partial charge is 0.141 e. The van der Waals surface area contributed by atoms with Crippen molar-refractivity contribution in [3.8, 4) is 17.1 Å². The summed E-state index contributed by atoms with van der Waals surface area (Å²) in [6, 6.07) is 2.42. The summed E-state index contributed by atoms with van der Waals surface area (Å²) >= 11 is 3.05. The summed E-state index contributed by atoms with van der Waals surface area (Å²) in [6.07, 6.45) is 3.14. The lowest BCUT2D eigenvalue weighted by Gasteiger charge is -2.03. The van der Waals surface area contributed by atoms with Crippen LogP contribution in [0.4, 0.5) is 4.39 Å². The van der Waals surface area contributed by atoms with Crippen LogP contribution < -0.4 is 0 Å². The summed E-state index contributed by atoms with van der Waals surface area (Å²) in [6.45, 7) is 0. The van der Waals surface area contributed by atoms with Crippen molar-refractivity contribution in [2.24, 2.45) is 0 Å². The fourth-order valence-electron chi connectivity index (χ4n) is 1.16. The Hall–Kier alpha value is -1.36. The van der Waals surface area contributed by atoms with E-state index >= 15 is 0 Å². The van der Waals surface area contributed by atoms with Crippen LogP contribution in [0.3, 0.4) is 0 Å². The minimum atomic E-state index is -0.430. The number of imidazole rings is 1. The van der Waals surface area contributed by atoms with Crippen LogP contribution in [0.25, 0.3) is 11.4 Å². The van der Waals surface area contributed by atoms with Gasteiger partial charge in [0.2, 0.25) is 0 Å². The minimum Gasteiger partial charge on any atom is -0.506 e. The average Bonchev–Trinajstić information content (AvgIpc) is 2.63. The zero-order valence-electron chi connectivity index (χ0n) is 6.96. The maximum atomic E-state index is 13.0. The first-order chi connectivity index (χ1) is 6.68. The molecular weight excluding hydrogens is 251 g/mol. The number of benzene rings is 1. The molecule has 0 atom stereocenters. The third-order valence-electron chi connectivity index (χ3n) is 1.78. The Labute approximate surface area is 87.7 Å². The Balaban J connectivity index is 2.64. The lowest BCUT2D eigenvalue weighted by Crippen LogP contribution is -1.85. The molecule has 1 aromatic carbocycles. The van der Waals surface area contributed by atoms with Gasteiger partial charge >= 0.3 is 0 Å². The van der Waals surface area contributed by atoms with Crippen molar-refractivity contribution in [3.63, 3.8) is 0 Å². The quantitative estimate of drug-likeness (QED) is 0.825. The maximum Gasteiger partial charge on any atom is 0.141 e. The summed E-state index contributed by atoms with van der Waals surface area (Å²) in [4.78, 5) is 6.72. The molecule has 0 aliphatic rings. The highest BCUT2D eigenvalue weighted by Gasteiger charge is 2.11. The lowest BCUT2D eigenvalue weighted by atomic mass is 10.2. The topological polar surface area (TPSA) is 48.9 Å². The minimum absolute atomic E-state index is 0.0265. The van der Waals surface area contributed by atoms with Gasteiger partial charge in [0, 0.05) is 12.4 Å². The highest BCUT2D eigenvalue weighted by atomic mass is 79.9. The third kappa shape index (κ3) is 1.50. The summed E-state index contributed by atoms with van der Waals surface area (Å²) in [7, 11) is 0. The van der Waals surface area contributed by atoms with Crippen molar-refractivity contribution >= 4 is 15.9 Å². The molecular formula is C9H6BrFN2O. The van der Waals surface area contributed by atoms with Gasteiger partial charge in [-0.2, -0.15) is 0 Å². The molecule has 0 spiro atoms. The molecule has 0 amide bonds. The average molecular weight is 257 g/mol. The standard InChI is InChI=1S/C9H6BrFN2O/c10-7-4-5(11)3-6(8(7)14)9-12-1-2-13-9/h1-4,14H,(H,12,13). The number of rotatable bonds is 1. The molecule has 5 heteroatoms. The monoisotopic (exact) mass is 256 g/mol. The zero-order chi connectivity index (χ0) is 10.1. The van der Waals surface area contributed by atoms with Crippen LogP contribution in [0.1, 0.15) is 0 Å². The van der Waals surface area contributed by atoms with Crippen LogP contribution in [0.5, 0.6) is 5.75 Å². The van der Waals surface area contributed by atoms with Gasteiger partial charge in [-0.15, -0.1) is 0 Å². The molecule has 2 N–H and O–H groups in total. The SMILES string of the molecule is Oc1c(Br)cc(F)cc1-c1ncc[nH]1. The Morgan fingerprint density at radius 3 is 2.86 bits per heavy atom. The first kappa shape index (κ1) is 9.21. The van der Waals surface area contributed by atoms with Crippen LogP contribution in [0, 0.1) is 5.82 Å². The molecule has 0 radical (unpaired) electrons. The summed E-state index contributed by atoms with van der Waals surface area (Å²) in [5.41, 5.74) is 0.335. The van der Waals surface area contributed by atoms with E-state index in [0.29, 0.717) is 15.9 Å². The number of aromatic amines is 1. The second kappa shape index (κ2) is 3.42. The summed E-state index contributed by atoms with van der Waals surface area (Å²) in [5, 5.41) is 9.62. The number of aromatic hydroxyl groups is 1. The van der Waals surface area contributed by atoms with E-state index in [2.05, 4.69) is 25.9 Å². The number of H-pyrrole nitrogens is 1. The molecule has 72 valence electrons. The lowest BCUT2D eigenvalue weighted by molar-refractivity contribution is 0.471. The fourth-order valence-corrected chi connectivity index (χ4v) is 1.59. The van der Waals surface area contributed by atoms with Crippen molar-refractivity contribution in [1.29, 1.82) is 0 Å². The third-order valence-corrected chi connectivity index (χ3v) is 2.39. The molecule has 0 saturated heterocycles. The predicted molar refractivity (Wildman–Crippen MR) is 53.3 cm³/mol. The van der Waals surface area contributed by atoms with Gasteiger partial charge in [0.1, 0.15) is 17.4 Å². The van der Waals surface area contributed by atoms with E-state index in [4.69, 9.17) is 0 Å². The Kier molecular flexibility index (Phi) is 2.25. The van der Waals surface area contributed by atoms with Crippen molar-refractivity contribution < 1.29 is 9.50 Å². The van der Waals surface area contributed by atoms with E-state index in [9.17, 15) is 9.50 Å². The van der Waals surface area contributed by atoms with Crippen LogP contribution in [-0.2, 0) is 0 Å². The first-order valence-electron chi connectivity index (χ1n) is 3.86. The van der Waals surface area contributed by atoms with E-state index in [-0.39, 0.29) is 5.75 Å². The van der Waals surface area contributed by atoms with Crippen LogP contribution >= 0.6 is 15.9 Å². The van der Waals surface area contributed by atoms with Crippen LogP contribution in [0.2, 0.25) is 0 Å². The van der Waals surface area contributed by atoms with Crippen LogP contribution in [-0.4, -0.2) is 15.1 Å². The number of phenolic OH excluding ortho intramolecular Hbond substituents is 1. The maximum absolute atomic E-state index is 13.0. The van der Waals surface area contributed by atoms with Gasteiger partial charge in [0.15, 0.2) is 0 Å². The van der Waals surface area contributed by atoms with Crippen molar-refractivity contribution in [2.75, 3.05) is 0 Å². The number of hydrogen-bond acceptors (Lipinski definition) is 2. The van der Waals surface area contributed by atoms with E-state index < -0.39 is 5.82 Å². The molecule has 2 aromatic rings. The Morgan fingerprint density at radius 2 is 2.21 bits per heavy atom. The number of hydrogen-bond donors (Lipinski definition) is 2. The molecule has 0 saturated carbocycles. The zero-order valence-corrected chi connectivity index (χ0v) is 8.55. The van der Waals surface area contributed by atoms with Gasteiger partial charge in [-0.25, -0.2) is 9.37 Å². The summed E-state index contributed by atoms with van der Waals surface area (Å²) < 4.78 is 13.3. The van der Waals surface area contributed by atoms with Gasteiger partial charge < -0.3 is 10.1 Å². The summed E-state index contributed by atoms with van der Waals surface area (Å²) in [5.74, 6) is -0.0230. The molecule has 2 rings (SSSR count). The van der Waals surface area contributed by atoms with Crippen molar-refractivity contribution in [3.05, 3.63) is 34.8 Å². The van der Waals surface area contributed by atoms with Crippen LogP contribution in [0.15, 0.2) is 29.0 Å². The van der Waals surface area contributed by atoms with Gasteiger partial charge in [-0.05, 0) is 28.1 Å². The number of aromatic nitrogens is 2. The van der Waals surface area contributed by atoms with Crippen molar-refractivity contribution in [2.45, 2.75) is 0 Å². The molecule has 0 aliphatic carbocycles. The predicted octanol–water partition coefficient (Wildman–Crippen LogP) is 2.68. The number of nitrogens with zero attached hydrogens (tertiary/aromatic N) is 1. The molecule has 14 heavy (non-hydrogen) atoms. The molecule has 0 fully saturated rings. The van der Waals surface area contributed by atoms with Crippen molar-refractivity contribution in [1.82, 2.24) is 9.97 Å². The number of nitrogens with one attached hydrogen (secondary N) is 1. The molecule has 1 heterocycles. The molecule has 0 unspecified atom stereocenters. The highest BCUT2D eigenvalue weighted by Crippen LogP contribution is 2.34. The van der Waals surface area contributed by atoms with Gasteiger partial charge in [-0.1, -0.05) is 0 Å². The molecule has 1 aromatic heterocycles. The van der Waals surface area contributed by atoms with Gasteiger partial charge in [-0.3, -0.25) is 0 Å². The largest absolute Gasteiger partial charge is 0.506 e.